The fourth-order valence-electron chi connectivity index (χ4n) is 3.56. The number of rotatable bonds is 6. The SMILES string of the molecule is CCCCC(=O)Nc1cncc(-c2ccc3[nH]nc(-c4cc5cnccc5[nH]4)c3n2)c1. The smallest absolute Gasteiger partial charge is 0.224 e. The topological polar surface area (TPSA) is 112 Å². The monoisotopic (exact) mass is 411 g/mol. The third kappa shape index (κ3) is 3.75. The van der Waals surface area contributed by atoms with E-state index in [-0.39, 0.29) is 5.91 Å². The number of hydrogen-bond acceptors (Lipinski definition) is 5. The van der Waals surface area contributed by atoms with Crippen LogP contribution >= 0.6 is 0 Å². The van der Waals surface area contributed by atoms with Gasteiger partial charge in [0, 0.05) is 41.5 Å². The summed E-state index contributed by atoms with van der Waals surface area (Å²) < 4.78 is 0. The van der Waals surface area contributed by atoms with E-state index >= 15 is 0 Å². The molecular formula is C23H21N7O. The first-order valence-corrected chi connectivity index (χ1v) is 10.2. The van der Waals surface area contributed by atoms with Crippen molar-refractivity contribution in [2.45, 2.75) is 26.2 Å². The fourth-order valence-corrected chi connectivity index (χ4v) is 3.56. The maximum atomic E-state index is 12.1. The van der Waals surface area contributed by atoms with Crippen LogP contribution in [0.5, 0.6) is 0 Å². The number of unbranched alkanes of at least 4 members (excludes halogenated alkanes) is 1. The minimum atomic E-state index is -0.00497. The highest BCUT2D eigenvalue weighted by molar-refractivity contribution is 5.94. The third-order valence-corrected chi connectivity index (χ3v) is 5.16. The zero-order valence-corrected chi connectivity index (χ0v) is 17.0. The maximum absolute atomic E-state index is 12.1. The molecule has 0 spiro atoms. The number of H-pyrrole nitrogens is 2. The minimum absolute atomic E-state index is 0.00497. The van der Waals surface area contributed by atoms with Gasteiger partial charge in [0.15, 0.2) is 0 Å². The molecule has 8 heteroatoms. The van der Waals surface area contributed by atoms with Gasteiger partial charge in [-0.15, -0.1) is 0 Å². The lowest BCUT2D eigenvalue weighted by Gasteiger charge is -2.07. The number of anilines is 1. The molecule has 0 aliphatic carbocycles. The van der Waals surface area contributed by atoms with E-state index in [0.29, 0.717) is 12.1 Å². The Morgan fingerprint density at radius 2 is 2.00 bits per heavy atom. The Morgan fingerprint density at radius 1 is 1.06 bits per heavy atom. The van der Waals surface area contributed by atoms with Crippen LogP contribution in [0, 0.1) is 0 Å². The van der Waals surface area contributed by atoms with E-state index in [1.54, 1.807) is 18.6 Å². The average molecular weight is 411 g/mol. The number of pyridine rings is 3. The van der Waals surface area contributed by atoms with Crippen molar-refractivity contribution in [3.05, 3.63) is 55.1 Å². The van der Waals surface area contributed by atoms with Gasteiger partial charge < -0.3 is 10.3 Å². The molecule has 0 fully saturated rings. The van der Waals surface area contributed by atoms with Gasteiger partial charge in [-0.3, -0.25) is 19.9 Å². The van der Waals surface area contributed by atoms with E-state index in [4.69, 9.17) is 4.98 Å². The zero-order valence-electron chi connectivity index (χ0n) is 17.0. The summed E-state index contributed by atoms with van der Waals surface area (Å²) in [6.07, 6.45) is 9.30. The second-order valence-electron chi connectivity index (χ2n) is 7.42. The molecule has 0 saturated carbocycles. The number of aromatic amines is 2. The molecule has 0 aliphatic rings. The van der Waals surface area contributed by atoms with Gasteiger partial charge in [0.1, 0.15) is 11.2 Å². The Bertz CT molecular complexity index is 1350. The molecule has 1 amide bonds. The zero-order chi connectivity index (χ0) is 21.2. The molecule has 0 radical (unpaired) electrons. The first kappa shape index (κ1) is 18.9. The predicted octanol–water partition coefficient (Wildman–Crippen LogP) is 4.69. The van der Waals surface area contributed by atoms with Crippen LogP contribution in [-0.4, -0.2) is 36.0 Å². The van der Waals surface area contributed by atoms with Crippen LogP contribution in [0.15, 0.2) is 55.1 Å². The summed E-state index contributed by atoms with van der Waals surface area (Å²) in [5, 5.41) is 11.4. The van der Waals surface area contributed by atoms with Crippen molar-refractivity contribution < 1.29 is 4.79 Å². The Hall–Kier alpha value is -4.07. The van der Waals surface area contributed by atoms with Crippen molar-refractivity contribution >= 4 is 33.5 Å². The third-order valence-electron chi connectivity index (χ3n) is 5.16. The Morgan fingerprint density at radius 3 is 2.87 bits per heavy atom. The van der Waals surface area contributed by atoms with Crippen LogP contribution in [0.2, 0.25) is 0 Å². The summed E-state index contributed by atoms with van der Waals surface area (Å²) in [5.41, 5.74) is 6.44. The number of fused-ring (bicyclic) bond motifs is 2. The molecule has 8 nitrogen and oxygen atoms in total. The Balaban J connectivity index is 1.49. The number of carbonyl (C=O) groups excluding carboxylic acids is 1. The molecule has 0 unspecified atom stereocenters. The number of hydrogen-bond donors (Lipinski definition) is 3. The van der Waals surface area contributed by atoms with Crippen molar-refractivity contribution in [1.82, 2.24) is 30.1 Å². The molecule has 154 valence electrons. The largest absolute Gasteiger partial charge is 0.353 e. The minimum Gasteiger partial charge on any atom is -0.353 e. The van der Waals surface area contributed by atoms with Crippen LogP contribution in [-0.2, 0) is 4.79 Å². The van der Waals surface area contributed by atoms with Crippen molar-refractivity contribution in [2.24, 2.45) is 0 Å². The second kappa shape index (κ2) is 7.98. The van der Waals surface area contributed by atoms with Gasteiger partial charge in [-0.25, -0.2) is 4.98 Å². The van der Waals surface area contributed by atoms with E-state index < -0.39 is 0 Å². The van der Waals surface area contributed by atoms with Gasteiger partial charge in [-0.1, -0.05) is 13.3 Å². The van der Waals surface area contributed by atoms with Crippen LogP contribution in [0.3, 0.4) is 0 Å². The second-order valence-corrected chi connectivity index (χ2v) is 7.42. The molecule has 31 heavy (non-hydrogen) atoms. The van der Waals surface area contributed by atoms with Crippen LogP contribution in [0.4, 0.5) is 5.69 Å². The lowest BCUT2D eigenvalue weighted by molar-refractivity contribution is -0.116. The summed E-state index contributed by atoms with van der Waals surface area (Å²) >= 11 is 0. The predicted molar refractivity (Wildman–Crippen MR) is 120 cm³/mol. The molecule has 5 heterocycles. The molecule has 5 rings (SSSR count). The highest BCUT2D eigenvalue weighted by atomic mass is 16.1. The van der Waals surface area contributed by atoms with E-state index in [1.807, 2.05) is 36.5 Å². The lowest BCUT2D eigenvalue weighted by atomic mass is 10.1. The summed E-state index contributed by atoms with van der Waals surface area (Å²) in [6, 6.07) is 9.70. The quantitative estimate of drug-likeness (QED) is 0.375. The first-order valence-electron chi connectivity index (χ1n) is 10.2. The van der Waals surface area contributed by atoms with Crippen molar-refractivity contribution in [2.75, 3.05) is 5.32 Å². The molecule has 3 N–H and O–H groups in total. The molecular weight excluding hydrogens is 390 g/mol. The van der Waals surface area contributed by atoms with E-state index in [0.717, 1.165) is 57.4 Å². The number of amides is 1. The highest BCUT2D eigenvalue weighted by Crippen LogP contribution is 2.29. The number of aromatic nitrogens is 6. The number of nitrogens with zero attached hydrogens (tertiary/aromatic N) is 4. The standard InChI is InChI=1S/C23H21N7O/c1-2-3-4-21(31)26-16-9-14(12-25-13-16)17-5-6-19-22(28-17)23(30-29-19)20-10-15-11-24-8-7-18(15)27-20/h5-13,27H,2-4H2,1H3,(H,26,31)(H,29,30). The molecule has 5 aromatic heterocycles. The Kier molecular flexibility index (Phi) is 4.87. The molecule has 0 aliphatic heterocycles. The van der Waals surface area contributed by atoms with Crippen LogP contribution in [0.25, 0.3) is 44.6 Å². The lowest BCUT2D eigenvalue weighted by Crippen LogP contribution is -2.11. The fraction of sp³-hybridized carbons (Fsp3) is 0.174. The van der Waals surface area contributed by atoms with Gasteiger partial charge in [-0.2, -0.15) is 5.10 Å². The van der Waals surface area contributed by atoms with Gasteiger partial charge in [0.05, 0.1) is 28.8 Å². The van der Waals surface area contributed by atoms with E-state index in [2.05, 4.69) is 37.4 Å². The van der Waals surface area contributed by atoms with Crippen molar-refractivity contribution in [1.29, 1.82) is 0 Å². The van der Waals surface area contributed by atoms with Crippen LogP contribution in [0.1, 0.15) is 26.2 Å². The van der Waals surface area contributed by atoms with Crippen molar-refractivity contribution in [3.63, 3.8) is 0 Å². The van der Waals surface area contributed by atoms with Gasteiger partial charge in [0.25, 0.3) is 0 Å². The summed E-state index contributed by atoms with van der Waals surface area (Å²) in [6.45, 7) is 2.06. The highest BCUT2D eigenvalue weighted by Gasteiger charge is 2.14. The molecule has 5 aromatic rings. The van der Waals surface area contributed by atoms with Gasteiger partial charge >= 0.3 is 0 Å². The average Bonchev–Trinajstić information content (AvgIpc) is 3.41. The van der Waals surface area contributed by atoms with Crippen LogP contribution < -0.4 is 5.32 Å². The Labute approximate surface area is 178 Å². The normalized spacial score (nSPS) is 11.3. The number of carbonyl (C=O) groups is 1. The summed E-state index contributed by atoms with van der Waals surface area (Å²) in [5.74, 6) is -0.00497. The van der Waals surface area contributed by atoms with E-state index in [9.17, 15) is 4.79 Å². The molecule has 0 atom stereocenters. The van der Waals surface area contributed by atoms with Gasteiger partial charge in [0.2, 0.25) is 5.91 Å². The molecule has 0 bridgehead atoms. The van der Waals surface area contributed by atoms with Gasteiger partial charge in [-0.05, 0) is 36.8 Å². The molecule has 0 aromatic carbocycles. The van der Waals surface area contributed by atoms with Crippen molar-refractivity contribution in [3.8, 4) is 22.6 Å². The number of nitrogens with one attached hydrogen (secondary N) is 3. The first-order chi connectivity index (χ1) is 15.2. The van der Waals surface area contributed by atoms with E-state index in [1.165, 1.54) is 0 Å². The summed E-state index contributed by atoms with van der Waals surface area (Å²) in [4.78, 5) is 28.7. The maximum Gasteiger partial charge on any atom is 0.224 e. The molecule has 0 saturated heterocycles. The summed E-state index contributed by atoms with van der Waals surface area (Å²) in [7, 11) is 0.